The van der Waals surface area contributed by atoms with Crippen molar-refractivity contribution in [3.8, 4) is 0 Å². The van der Waals surface area contributed by atoms with Gasteiger partial charge in [-0.05, 0) is 73.5 Å². The maximum absolute atomic E-state index is 5.67. The van der Waals surface area contributed by atoms with Crippen molar-refractivity contribution in [3.05, 3.63) is 11.6 Å². The van der Waals surface area contributed by atoms with Gasteiger partial charge in [-0.3, -0.25) is 0 Å². The van der Waals surface area contributed by atoms with Gasteiger partial charge >= 0.3 is 0 Å². The van der Waals surface area contributed by atoms with Crippen molar-refractivity contribution in [3.63, 3.8) is 0 Å². The first-order valence-electron chi connectivity index (χ1n) is 9.28. The van der Waals surface area contributed by atoms with Crippen LogP contribution in [-0.2, 0) is 4.74 Å². The van der Waals surface area contributed by atoms with Gasteiger partial charge in [0.15, 0.2) is 0 Å². The maximum Gasteiger partial charge on any atom is 0.0866 e. The third-order valence-electron chi connectivity index (χ3n) is 8.55. The molecule has 0 unspecified atom stereocenters. The molecular weight excluding hydrogens is 256 g/mol. The number of epoxide rings is 1. The van der Waals surface area contributed by atoms with E-state index in [-0.39, 0.29) is 0 Å². The minimum Gasteiger partial charge on any atom is -0.373 e. The van der Waals surface area contributed by atoms with E-state index in [1.807, 2.05) is 5.57 Å². The summed E-state index contributed by atoms with van der Waals surface area (Å²) in [6, 6.07) is 0. The molecule has 1 nitrogen and oxygen atoms in total. The topological polar surface area (TPSA) is 12.5 Å². The summed E-state index contributed by atoms with van der Waals surface area (Å²) in [7, 11) is 0. The van der Waals surface area contributed by atoms with E-state index < -0.39 is 0 Å². The summed E-state index contributed by atoms with van der Waals surface area (Å²) in [5.74, 6) is 2.92. The molecule has 0 spiro atoms. The van der Waals surface area contributed by atoms with Crippen LogP contribution in [0.3, 0.4) is 0 Å². The second-order valence-corrected chi connectivity index (χ2v) is 9.73. The zero-order valence-electron chi connectivity index (χ0n) is 14.0. The molecule has 5 aliphatic rings. The molecule has 5 rings (SSSR count). The quantitative estimate of drug-likeness (QED) is 0.490. The van der Waals surface area contributed by atoms with Crippen molar-refractivity contribution >= 4 is 0 Å². The summed E-state index contributed by atoms with van der Waals surface area (Å²) in [6.07, 6.45) is 13.4. The second-order valence-electron chi connectivity index (χ2n) is 9.73. The monoisotopic (exact) mass is 286 g/mol. The lowest BCUT2D eigenvalue weighted by Gasteiger charge is -2.55. The van der Waals surface area contributed by atoms with Crippen LogP contribution in [-0.4, -0.2) is 12.7 Å². The lowest BCUT2D eigenvalue weighted by atomic mass is 9.49. The van der Waals surface area contributed by atoms with E-state index in [9.17, 15) is 0 Å². The van der Waals surface area contributed by atoms with E-state index in [0.29, 0.717) is 22.3 Å². The summed E-state index contributed by atoms with van der Waals surface area (Å²) >= 11 is 0. The van der Waals surface area contributed by atoms with Crippen LogP contribution >= 0.6 is 0 Å². The van der Waals surface area contributed by atoms with Gasteiger partial charge in [0.05, 0.1) is 12.7 Å². The molecule has 1 heterocycles. The standard InChI is InChI=1S/C20H30O/c1-18(17-12-21-17)8-7-15-13(10-18)4-5-16-19(15,2)9-6-14-11-20(14,16)3/h7,13-14,16-17H,4-6,8-12H2,1-3H3/t13-,14-,16+,17-,18+,19+,20+/m1/s1. The van der Waals surface area contributed by atoms with E-state index in [2.05, 4.69) is 26.8 Å². The van der Waals surface area contributed by atoms with Crippen molar-refractivity contribution < 1.29 is 4.74 Å². The number of hydrogen-bond acceptors (Lipinski definition) is 1. The Kier molecular flexibility index (Phi) is 2.37. The van der Waals surface area contributed by atoms with E-state index in [4.69, 9.17) is 4.74 Å². The fraction of sp³-hybridized carbons (Fsp3) is 0.900. The minimum absolute atomic E-state index is 0.443. The number of hydrogen-bond donors (Lipinski definition) is 0. The van der Waals surface area contributed by atoms with Gasteiger partial charge in [0.2, 0.25) is 0 Å². The lowest BCUT2D eigenvalue weighted by molar-refractivity contribution is 0.0221. The molecule has 0 aromatic heterocycles. The van der Waals surface area contributed by atoms with Crippen molar-refractivity contribution in [1.82, 2.24) is 0 Å². The maximum atomic E-state index is 5.67. The Labute approximate surface area is 129 Å². The van der Waals surface area contributed by atoms with Crippen LogP contribution in [0, 0.1) is 34.0 Å². The molecule has 21 heavy (non-hydrogen) atoms. The predicted molar refractivity (Wildman–Crippen MR) is 84.9 cm³/mol. The number of rotatable bonds is 1. The Bertz CT molecular complexity index is 518. The molecule has 0 radical (unpaired) electrons. The van der Waals surface area contributed by atoms with Gasteiger partial charge in [-0.1, -0.05) is 32.4 Å². The third-order valence-corrected chi connectivity index (χ3v) is 8.55. The summed E-state index contributed by atoms with van der Waals surface area (Å²) < 4.78 is 5.67. The molecule has 3 saturated carbocycles. The molecule has 0 aromatic rings. The third kappa shape index (κ3) is 1.62. The van der Waals surface area contributed by atoms with Gasteiger partial charge < -0.3 is 4.74 Å². The van der Waals surface area contributed by atoms with Crippen LogP contribution in [0.5, 0.6) is 0 Å². The first-order valence-corrected chi connectivity index (χ1v) is 9.28. The van der Waals surface area contributed by atoms with Crippen LogP contribution in [0.1, 0.15) is 65.7 Å². The molecule has 1 aliphatic heterocycles. The van der Waals surface area contributed by atoms with E-state index in [1.54, 1.807) is 0 Å². The molecule has 0 N–H and O–H groups in total. The van der Waals surface area contributed by atoms with E-state index in [1.165, 1.54) is 44.9 Å². The summed E-state index contributed by atoms with van der Waals surface area (Å²) in [5.41, 5.74) is 3.57. The zero-order chi connectivity index (χ0) is 14.5. The molecule has 4 aliphatic carbocycles. The molecule has 0 bridgehead atoms. The lowest BCUT2D eigenvalue weighted by Crippen LogP contribution is -2.47. The van der Waals surface area contributed by atoms with Gasteiger partial charge in [0, 0.05) is 5.41 Å². The Morgan fingerprint density at radius 3 is 2.67 bits per heavy atom. The zero-order valence-corrected chi connectivity index (χ0v) is 14.0. The van der Waals surface area contributed by atoms with Crippen LogP contribution < -0.4 is 0 Å². The Hall–Kier alpha value is -0.300. The molecule has 1 heteroatoms. The molecule has 116 valence electrons. The van der Waals surface area contributed by atoms with Crippen LogP contribution in [0.25, 0.3) is 0 Å². The highest BCUT2D eigenvalue weighted by Gasteiger charge is 2.65. The average Bonchev–Trinajstić information content (AvgIpc) is 3.31. The van der Waals surface area contributed by atoms with Gasteiger partial charge in [-0.15, -0.1) is 0 Å². The van der Waals surface area contributed by atoms with Gasteiger partial charge in [-0.25, -0.2) is 0 Å². The summed E-state index contributed by atoms with van der Waals surface area (Å²) in [6.45, 7) is 8.73. The Morgan fingerprint density at radius 2 is 1.90 bits per heavy atom. The van der Waals surface area contributed by atoms with Crippen molar-refractivity contribution in [2.24, 2.45) is 34.0 Å². The predicted octanol–water partition coefficient (Wildman–Crippen LogP) is 4.96. The highest BCUT2D eigenvalue weighted by atomic mass is 16.6. The molecule has 4 fully saturated rings. The highest BCUT2D eigenvalue weighted by molar-refractivity contribution is 5.30. The van der Waals surface area contributed by atoms with Gasteiger partial charge in [0.1, 0.15) is 0 Å². The van der Waals surface area contributed by atoms with Crippen molar-refractivity contribution in [2.45, 2.75) is 71.8 Å². The largest absolute Gasteiger partial charge is 0.373 e. The van der Waals surface area contributed by atoms with Crippen molar-refractivity contribution in [1.29, 1.82) is 0 Å². The number of ether oxygens (including phenoxy) is 1. The Balaban J connectivity index is 1.50. The first kappa shape index (κ1) is 13.2. The SMILES string of the molecule is C[C@]1([C@H]2CO2)CC=C2[C@H](CC[C@@H]3[C@@]4(C)C[C@H]4CC[C@@]23C)C1. The molecule has 7 atom stereocenters. The average molecular weight is 286 g/mol. The molecule has 0 aromatic carbocycles. The smallest absolute Gasteiger partial charge is 0.0866 e. The van der Waals surface area contributed by atoms with Gasteiger partial charge in [0.25, 0.3) is 0 Å². The highest BCUT2D eigenvalue weighted by Crippen LogP contribution is 2.74. The molecule has 1 saturated heterocycles. The van der Waals surface area contributed by atoms with Crippen LogP contribution in [0.15, 0.2) is 11.6 Å². The van der Waals surface area contributed by atoms with Crippen molar-refractivity contribution in [2.75, 3.05) is 6.61 Å². The summed E-state index contributed by atoms with van der Waals surface area (Å²) in [4.78, 5) is 0. The summed E-state index contributed by atoms with van der Waals surface area (Å²) in [5, 5.41) is 0. The van der Waals surface area contributed by atoms with E-state index >= 15 is 0 Å². The fourth-order valence-electron chi connectivity index (χ4n) is 7.00. The number of allylic oxidation sites excluding steroid dienone is 2. The van der Waals surface area contributed by atoms with Crippen LogP contribution in [0.2, 0.25) is 0 Å². The second kappa shape index (κ2) is 3.78. The first-order chi connectivity index (χ1) is 9.96. The number of fused-ring (bicyclic) bond motifs is 5. The minimum atomic E-state index is 0.443. The van der Waals surface area contributed by atoms with Crippen LogP contribution in [0.4, 0.5) is 0 Å². The molecular formula is C20H30O. The molecule has 0 amide bonds. The van der Waals surface area contributed by atoms with E-state index in [0.717, 1.165) is 24.4 Å². The normalized spacial score (nSPS) is 61.2. The Morgan fingerprint density at radius 1 is 1.10 bits per heavy atom. The fourth-order valence-corrected chi connectivity index (χ4v) is 7.00. The van der Waals surface area contributed by atoms with Gasteiger partial charge in [-0.2, -0.15) is 0 Å².